The van der Waals surface area contributed by atoms with E-state index in [2.05, 4.69) is 5.32 Å². The van der Waals surface area contributed by atoms with Gasteiger partial charge in [-0.2, -0.15) is 0 Å². The molecule has 1 rings (SSSR count). The van der Waals surface area contributed by atoms with Crippen LogP contribution in [-0.4, -0.2) is 35.6 Å². The second-order valence-corrected chi connectivity index (χ2v) is 5.01. The molecule has 0 aliphatic heterocycles. The van der Waals surface area contributed by atoms with Crippen LogP contribution < -0.4 is 5.32 Å². The molecule has 0 aromatic heterocycles. The summed E-state index contributed by atoms with van der Waals surface area (Å²) >= 11 is 0. The van der Waals surface area contributed by atoms with Crippen molar-refractivity contribution >= 4 is 17.8 Å². The van der Waals surface area contributed by atoms with Crippen LogP contribution in [0.2, 0.25) is 0 Å². The number of carbonyl (C=O) groups excluding carboxylic acids is 2. The van der Waals surface area contributed by atoms with E-state index in [9.17, 15) is 19.5 Å². The Kier molecular flexibility index (Phi) is 7.08. The van der Waals surface area contributed by atoms with Crippen molar-refractivity contribution in [3.63, 3.8) is 0 Å². The molecule has 0 saturated carbocycles. The molecule has 1 aromatic carbocycles. The summed E-state index contributed by atoms with van der Waals surface area (Å²) in [5, 5.41) is 11.6. The number of carboxylic acid groups (broad SMARTS) is 1. The van der Waals surface area contributed by atoms with E-state index >= 15 is 0 Å². The Morgan fingerprint density at radius 1 is 1.23 bits per heavy atom. The van der Waals surface area contributed by atoms with E-state index in [1.165, 1.54) is 0 Å². The van der Waals surface area contributed by atoms with Crippen LogP contribution in [0.1, 0.15) is 25.8 Å². The molecule has 1 aromatic rings. The predicted octanol–water partition coefficient (Wildman–Crippen LogP) is 1.39. The summed E-state index contributed by atoms with van der Waals surface area (Å²) in [5.41, 5.74) is 0.794. The zero-order valence-electron chi connectivity index (χ0n) is 12.7. The molecule has 0 radical (unpaired) electrons. The largest absolute Gasteiger partial charge is 0.480 e. The first-order chi connectivity index (χ1) is 10.4. The third-order valence-electron chi connectivity index (χ3n) is 3.12. The Hall–Kier alpha value is -2.37. The molecule has 6 nitrogen and oxygen atoms in total. The van der Waals surface area contributed by atoms with Crippen LogP contribution in [0.5, 0.6) is 0 Å². The summed E-state index contributed by atoms with van der Waals surface area (Å²) < 4.78 is 4.84. The lowest BCUT2D eigenvalue weighted by molar-refractivity contribution is -0.149. The van der Waals surface area contributed by atoms with Gasteiger partial charge in [0.1, 0.15) is 6.04 Å². The number of carbonyl (C=O) groups is 3. The lowest BCUT2D eigenvalue weighted by atomic mass is 10.0. The molecule has 0 unspecified atom stereocenters. The molecular formula is C16H21NO5. The van der Waals surface area contributed by atoms with Crippen LogP contribution in [0, 0.1) is 5.92 Å². The van der Waals surface area contributed by atoms with Gasteiger partial charge >= 0.3 is 11.9 Å². The molecule has 0 saturated heterocycles. The highest BCUT2D eigenvalue weighted by molar-refractivity contribution is 5.85. The van der Waals surface area contributed by atoms with Gasteiger partial charge in [-0.25, -0.2) is 4.79 Å². The van der Waals surface area contributed by atoms with Crippen molar-refractivity contribution in [1.82, 2.24) is 5.32 Å². The van der Waals surface area contributed by atoms with Crippen LogP contribution in [-0.2, 0) is 25.5 Å². The van der Waals surface area contributed by atoms with E-state index in [1.807, 2.05) is 6.07 Å². The zero-order chi connectivity index (χ0) is 16.5. The molecular weight excluding hydrogens is 286 g/mol. The summed E-state index contributed by atoms with van der Waals surface area (Å²) in [4.78, 5) is 34.7. The number of amides is 1. The van der Waals surface area contributed by atoms with E-state index in [-0.39, 0.29) is 19.4 Å². The Bertz CT molecular complexity index is 515. The highest BCUT2D eigenvalue weighted by Gasteiger charge is 2.26. The molecule has 1 amide bonds. The number of hydrogen-bond donors (Lipinski definition) is 2. The van der Waals surface area contributed by atoms with Gasteiger partial charge in [0.15, 0.2) is 0 Å². The van der Waals surface area contributed by atoms with E-state index in [0.29, 0.717) is 0 Å². The SMILES string of the molecule is CCOC(=O)[C@@H](C)C[C@@H](NC(=O)Cc1ccccc1)C(=O)O. The molecule has 22 heavy (non-hydrogen) atoms. The third-order valence-corrected chi connectivity index (χ3v) is 3.12. The second-order valence-electron chi connectivity index (χ2n) is 5.01. The lowest BCUT2D eigenvalue weighted by Crippen LogP contribution is -2.43. The molecule has 0 bridgehead atoms. The van der Waals surface area contributed by atoms with E-state index in [1.54, 1.807) is 38.1 Å². The van der Waals surface area contributed by atoms with Gasteiger partial charge < -0.3 is 15.2 Å². The van der Waals surface area contributed by atoms with Crippen LogP contribution in [0.4, 0.5) is 0 Å². The fraction of sp³-hybridized carbons (Fsp3) is 0.438. The highest BCUT2D eigenvalue weighted by Crippen LogP contribution is 2.09. The summed E-state index contributed by atoms with van der Waals surface area (Å²) in [6.45, 7) is 3.50. The number of ether oxygens (including phenoxy) is 1. The number of aliphatic carboxylic acids is 1. The molecule has 2 N–H and O–H groups in total. The first-order valence-corrected chi connectivity index (χ1v) is 7.16. The second kappa shape index (κ2) is 8.81. The lowest BCUT2D eigenvalue weighted by Gasteiger charge is -2.18. The van der Waals surface area contributed by atoms with Crippen LogP contribution in [0.25, 0.3) is 0 Å². The van der Waals surface area contributed by atoms with Gasteiger partial charge in [0, 0.05) is 0 Å². The summed E-state index contributed by atoms with van der Waals surface area (Å²) in [5.74, 6) is -2.63. The molecule has 0 spiro atoms. The summed E-state index contributed by atoms with van der Waals surface area (Å²) in [7, 11) is 0. The number of nitrogens with one attached hydrogen (secondary N) is 1. The monoisotopic (exact) mass is 307 g/mol. The van der Waals surface area contributed by atoms with Gasteiger partial charge in [0.05, 0.1) is 18.9 Å². The minimum Gasteiger partial charge on any atom is -0.480 e. The normalized spacial score (nSPS) is 13.0. The van der Waals surface area contributed by atoms with Crippen molar-refractivity contribution in [2.45, 2.75) is 32.7 Å². The Morgan fingerprint density at radius 2 is 1.86 bits per heavy atom. The van der Waals surface area contributed by atoms with E-state index in [0.717, 1.165) is 5.56 Å². The van der Waals surface area contributed by atoms with Crippen LogP contribution in [0.3, 0.4) is 0 Å². The average Bonchev–Trinajstić information content (AvgIpc) is 2.47. The molecule has 6 heteroatoms. The first kappa shape index (κ1) is 17.7. The quantitative estimate of drug-likeness (QED) is 0.708. The average molecular weight is 307 g/mol. The molecule has 0 aliphatic carbocycles. The van der Waals surface area contributed by atoms with Gasteiger partial charge in [-0.15, -0.1) is 0 Å². The molecule has 0 heterocycles. The fourth-order valence-corrected chi connectivity index (χ4v) is 1.98. The maximum Gasteiger partial charge on any atom is 0.326 e. The Balaban J connectivity index is 2.58. The van der Waals surface area contributed by atoms with Gasteiger partial charge in [-0.3, -0.25) is 9.59 Å². The maximum atomic E-state index is 11.9. The number of hydrogen-bond acceptors (Lipinski definition) is 4. The number of benzene rings is 1. The number of esters is 1. The number of rotatable bonds is 8. The van der Waals surface area contributed by atoms with Gasteiger partial charge in [0.25, 0.3) is 0 Å². The van der Waals surface area contributed by atoms with Crippen molar-refractivity contribution in [2.24, 2.45) is 5.92 Å². The first-order valence-electron chi connectivity index (χ1n) is 7.16. The van der Waals surface area contributed by atoms with Gasteiger partial charge in [0.2, 0.25) is 5.91 Å². The molecule has 0 aliphatic rings. The van der Waals surface area contributed by atoms with Crippen LogP contribution in [0.15, 0.2) is 30.3 Å². The fourth-order valence-electron chi connectivity index (χ4n) is 1.98. The van der Waals surface area contributed by atoms with E-state index in [4.69, 9.17) is 4.74 Å². The van der Waals surface area contributed by atoms with Crippen LogP contribution >= 0.6 is 0 Å². The standard InChI is InChI=1S/C16H21NO5/c1-3-22-16(21)11(2)9-13(15(19)20)17-14(18)10-12-7-5-4-6-8-12/h4-8,11,13H,3,9-10H2,1-2H3,(H,17,18)(H,19,20)/t11-,13+/m0/s1. The molecule has 120 valence electrons. The van der Waals surface area contributed by atoms with Crippen molar-refractivity contribution in [3.05, 3.63) is 35.9 Å². The van der Waals surface area contributed by atoms with Crippen molar-refractivity contribution in [1.29, 1.82) is 0 Å². The van der Waals surface area contributed by atoms with Crippen molar-refractivity contribution in [3.8, 4) is 0 Å². The topological polar surface area (TPSA) is 92.7 Å². The molecule has 2 atom stereocenters. The zero-order valence-corrected chi connectivity index (χ0v) is 12.7. The minimum atomic E-state index is -1.17. The van der Waals surface area contributed by atoms with E-state index < -0.39 is 29.8 Å². The maximum absolute atomic E-state index is 11.9. The Labute approximate surface area is 129 Å². The summed E-state index contributed by atoms with van der Waals surface area (Å²) in [6, 6.07) is 7.91. The van der Waals surface area contributed by atoms with Crippen molar-refractivity contribution < 1.29 is 24.2 Å². The highest BCUT2D eigenvalue weighted by atomic mass is 16.5. The summed E-state index contributed by atoms with van der Waals surface area (Å²) in [6.07, 6.45) is 0.0904. The minimum absolute atomic E-state index is 0.00526. The van der Waals surface area contributed by atoms with Crippen molar-refractivity contribution in [2.75, 3.05) is 6.61 Å². The Morgan fingerprint density at radius 3 is 2.41 bits per heavy atom. The van der Waals surface area contributed by atoms with Gasteiger partial charge in [-0.1, -0.05) is 37.3 Å². The van der Waals surface area contributed by atoms with Gasteiger partial charge in [-0.05, 0) is 18.9 Å². The smallest absolute Gasteiger partial charge is 0.326 e. The predicted molar refractivity (Wildman–Crippen MR) is 80.1 cm³/mol. The third kappa shape index (κ3) is 5.95. The number of carboxylic acids is 1. The molecule has 0 fully saturated rings.